The molecule has 0 amide bonds. The van der Waals surface area contributed by atoms with Crippen LogP contribution in [-0.4, -0.2) is 19.5 Å². The van der Waals surface area contributed by atoms with Crippen LogP contribution < -0.4 is 0 Å². The molecular weight excluding hydrogens is 142 g/mol. The predicted molar refractivity (Wildman–Crippen MR) is 38.9 cm³/mol. The summed E-state index contributed by atoms with van der Waals surface area (Å²) in [6.07, 6.45) is 5.14. The van der Waals surface area contributed by atoms with Crippen LogP contribution in [0.4, 0.5) is 0 Å². The second-order valence-corrected chi connectivity index (χ2v) is 2.24. The van der Waals surface area contributed by atoms with Crippen LogP contribution in [0.15, 0.2) is 24.8 Å². The largest absolute Gasteiger partial charge is 0.390 e. The van der Waals surface area contributed by atoms with Crippen LogP contribution in [0.1, 0.15) is 5.69 Å². The summed E-state index contributed by atoms with van der Waals surface area (Å²) < 4.78 is 1.79. The fourth-order valence-electron chi connectivity index (χ4n) is 0.938. The number of fused-ring (bicyclic) bond motifs is 1. The van der Waals surface area contributed by atoms with E-state index in [4.69, 9.17) is 5.11 Å². The smallest absolute Gasteiger partial charge is 0.156 e. The van der Waals surface area contributed by atoms with Crippen molar-refractivity contribution in [2.75, 3.05) is 0 Å². The summed E-state index contributed by atoms with van der Waals surface area (Å²) in [4.78, 5) is 8.00. The highest BCUT2D eigenvalue weighted by Crippen LogP contribution is 2.00. The normalized spacial score (nSPS) is 10.6. The highest BCUT2D eigenvalue weighted by atomic mass is 16.3. The second kappa shape index (κ2) is 2.32. The Hall–Kier alpha value is -1.42. The predicted octanol–water partition coefficient (Wildman–Crippen LogP) is 0.222. The van der Waals surface area contributed by atoms with Crippen LogP contribution in [0, 0.1) is 0 Å². The maximum atomic E-state index is 8.74. The van der Waals surface area contributed by atoms with Crippen molar-refractivity contribution in [2.24, 2.45) is 0 Å². The van der Waals surface area contributed by atoms with Gasteiger partial charge in [-0.2, -0.15) is 0 Å². The van der Waals surface area contributed by atoms with E-state index in [9.17, 15) is 0 Å². The van der Waals surface area contributed by atoms with Crippen LogP contribution >= 0.6 is 0 Å². The third kappa shape index (κ3) is 0.969. The standard InChI is InChI=1S/C7H7N3O/c11-4-6-1-2-10-5-8-3-7(10)9-6/h1-3,5,11H,4H2. The molecule has 4 nitrogen and oxygen atoms in total. The fourth-order valence-corrected chi connectivity index (χ4v) is 0.938. The molecule has 2 heterocycles. The molecule has 1 N–H and O–H groups in total. The van der Waals surface area contributed by atoms with E-state index >= 15 is 0 Å². The van der Waals surface area contributed by atoms with Crippen LogP contribution in [0.25, 0.3) is 5.65 Å². The zero-order chi connectivity index (χ0) is 7.68. The van der Waals surface area contributed by atoms with Crippen molar-refractivity contribution < 1.29 is 5.11 Å². The van der Waals surface area contributed by atoms with E-state index in [1.165, 1.54) is 0 Å². The molecule has 0 spiro atoms. The first kappa shape index (κ1) is 6.30. The summed E-state index contributed by atoms with van der Waals surface area (Å²) in [5, 5.41) is 8.74. The van der Waals surface area contributed by atoms with Gasteiger partial charge < -0.3 is 5.11 Å². The zero-order valence-corrected chi connectivity index (χ0v) is 5.81. The van der Waals surface area contributed by atoms with E-state index in [1.807, 2.05) is 6.20 Å². The summed E-state index contributed by atoms with van der Waals surface area (Å²) in [5.41, 5.74) is 1.43. The molecule has 0 saturated heterocycles. The molecule has 0 aromatic carbocycles. The van der Waals surface area contributed by atoms with E-state index in [-0.39, 0.29) is 6.61 Å². The Kier molecular flexibility index (Phi) is 1.33. The SMILES string of the molecule is OCc1ccn2cncc2n1. The van der Waals surface area contributed by atoms with Crippen molar-refractivity contribution in [3.8, 4) is 0 Å². The molecule has 0 saturated carbocycles. The molecular formula is C7H7N3O. The van der Waals surface area contributed by atoms with Crippen LogP contribution in [0.3, 0.4) is 0 Å². The number of aromatic nitrogens is 3. The second-order valence-electron chi connectivity index (χ2n) is 2.24. The van der Waals surface area contributed by atoms with Crippen molar-refractivity contribution in [2.45, 2.75) is 6.61 Å². The maximum absolute atomic E-state index is 8.74. The van der Waals surface area contributed by atoms with Crippen molar-refractivity contribution in [1.82, 2.24) is 14.4 Å². The molecule has 0 radical (unpaired) electrons. The molecule has 0 unspecified atom stereocenters. The molecule has 0 aliphatic rings. The topological polar surface area (TPSA) is 50.4 Å². The highest BCUT2D eigenvalue weighted by molar-refractivity contribution is 5.35. The lowest BCUT2D eigenvalue weighted by atomic mass is 10.4. The van der Waals surface area contributed by atoms with Gasteiger partial charge in [-0.15, -0.1) is 0 Å². The van der Waals surface area contributed by atoms with Crippen molar-refractivity contribution >= 4 is 5.65 Å². The van der Waals surface area contributed by atoms with Crippen molar-refractivity contribution in [3.05, 3.63) is 30.5 Å². The van der Waals surface area contributed by atoms with Gasteiger partial charge in [-0.3, -0.25) is 4.40 Å². The first-order valence-corrected chi connectivity index (χ1v) is 3.28. The van der Waals surface area contributed by atoms with Gasteiger partial charge in [0.25, 0.3) is 0 Å². The third-order valence-corrected chi connectivity index (χ3v) is 1.49. The third-order valence-electron chi connectivity index (χ3n) is 1.49. The van der Waals surface area contributed by atoms with E-state index < -0.39 is 0 Å². The first-order chi connectivity index (χ1) is 5.40. The van der Waals surface area contributed by atoms with Gasteiger partial charge >= 0.3 is 0 Å². The lowest BCUT2D eigenvalue weighted by molar-refractivity contribution is 0.277. The molecule has 0 aliphatic heterocycles. The summed E-state index contributed by atoms with van der Waals surface area (Å²) >= 11 is 0. The minimum atomic E-state index is -0.0261. The Bertz CT molecular complexity index is 368. The fraction of sp³-hybridized carbons (Fsp3) is 0.143. The van der Waals surface area contributed by atoms with Gasteiger partial charge in [0, 0.05) is 6.20 Å². The average Bonchev–Trinajstić information content (AvgIpc) is 2.50. The Morgan fingerprint density at radius 3 is 3.27 bits per heavy atom. The Morgan fingerprint density at radius 2 is 2.45 bits per heavy atom. The average molecular weight is 149 g/mol. The molecule has 4 heteroatoms. The molecule has 0 atom stereocenters. The van der Waals surface area contributed by atoms with E-state index in [0.717, 1.165) is 5.65 Å². The Morgan fingerprint density at radius 1 is 1.55 bits per heavy atom. The van der Waals surface area contributed by atoms with Gasteiger partial charge in [-0.1, -0.05) is 0 Å². The van der Waals surface area contributed by atoms with Gasteiger partial charge in [-0.25, -0.2) is 9.97 Å². The first-order valence-electron chi connectivity index (χ1n) is 3.28. The number of imidazole rings is 1. The molecule has 11 heavy (non-hydrogen) atoms. The van der Waals surface area contributed by atoms with Gasteiger partial charge in [0.1, 0.15) is 6.33 Å². The van der Waals surface area contributed by atoms with E-state index in [1.54, 1.807) is 23.0 Å². The number of hydrogen-bond acceptors (Lipinski definition) is 3. The Balaban J connectivity index is 2.67. The maximum Gasteiger partial charge on any atom is 0.156 e. The van der Waals surface area contributed by atoms with E-state index in [2.05, 4.69) is 9.97 Å². The number of nitrogens with zero attached hydrogens (tertiary/aromatic N) is 3. The van der Waals surface area contributed by atoms with Gasteiger partial charge in [0.05, 0.1) is 18.5 Å². The summed E-state index contributed by atoms with van der Waals surface area (Å²) in [6.45, 7) is -0.0261. The van der Waals surface area contributed by atoms with Gasteiger partial charge in [-0.05, 0) is 6.07 Å². The molecule has 2 aromatic rings. The summed E-state index contributed by atoms with van der Waals surface area (Å²) in [6, 6.07) is 1.76. The summed E-state index contributed by atoms with van der Waals surface area (Å²) in [5.74, 6) is 0. The number of aliphatic hydroxyl groups is 1. The molecule has 0 bridgehead atoms. The monoisotopic (exact) mass is 149 g/mol. The Labute approximate surface area is 63.1 Å². The van der Waals surface area contributed by atoms with Gasteiger partial charge in [0.2, 0.25) is 0 Å². The minimum Gasteiger partial charge on any atom is -0.390 e. The van der Waals surface area contributed by atoms with Crippen LogP contribution in [-0.2, 0) is 6.61 Å². The molecule has 0 fully saturated rings. The van der Waals surface area contributed by atoms with Gasteiger partial charge in [0.15, 0.2) is 5.65 Å². The van der Waals surface area contributed by atoms with Crippen LogP contribution in [0.5, 0.6) is 0 Å². The molecule has 2 rings (SSSR count). The lowest BCUT2D eigenvalue weighted by Crippen LogP contribution is -1.92. The number of hydrogen-bond donors (Lipinski definition) is 1. The molecule has 56 valence electrons. The quantitative estimate of drug-likeness (QED) is 0.631. The van der Waals surface area contributed by atoms with Crippen LogP contribution in [0.2, 0.25) is 0 Å². The van der Waals surface area contributed by atoms with Crippen molar-refractivity contribution in [3.63, 3.8) is 0 Å². The van der Waals surface area contributed by atoms with E-state index in [0.29, 0.717) is 5.69 Å². The molecule has 0 aliphatic carbocycles. The molecule has 2 aromatic heterocycles. The highest BCUT2D eigenvalue weighted by Gasteiger charge is 1.95. The number of rotatable bonds is 1. The summed E-state index contributed by atoms with van der Waals surface area (Å²) in [7, 11) is 0. The van der Waals surface area contributed by atoms with Crippen molar-refractivity contribution in [1.29, 1.82) is 0 Å². The lowest BCUT2D eigenvalue weighted by Gasteiger charge is -1.94. The zero-order valence-electron chi connectivity index (χ0n) is 5.81. The minimum absolute atomic E-state index is 0.0261. The number of aliphatic hydroxyl groups excluding tert-OH is 1.